The Kier molecular flexibility index (Phi) is 5.51. The van der Waals surface area contributed by atoms with E-state index in [-0.39, 0.29) is 12.7 Å². The van der Waals surface area contributed by atoms with Gasteiger partial charge in [-0.05, 0) is 47.7 Å². The summed E-state index contributed by atoms with van der Waals surface area (Å²) in [5, 5.41) is 0.607. The van der Waals surface area contributed by atoms with E-state index in [2.05, 4.69) is 4.98 Å². The van der Waals surface area contributed by atoms with Crippen LogP contribution >= 0.6 is 11.8 Å². The van der Waals surface area contributed by atoms with E-state index < -0.39 is 0 Å². The summed E-state index contributed by atoms with van der Waals surface area (Å²) in [6.07, 6.45) is 5.26. The molecule has 2 aliphatic heterocycles. The van der Waals surface area contributed by atoms with Crippen LogP contribution < -0.4 is 14.2 Å². The molecule has 1 fully saturated rings. The summed E-state index contributed by atoms with van der Waals surface area (Å²) < 4.78 is 16.4. The number of para-hydroxylation sites is 1. The fraction of sp³-hybridized carbons (Fsp3) is 0.125. The molecule has 32 heavy (non-hydrogen) atoms. The molecular weight excluding hydrogens is 426 g/mol. The van der Waals surface area contributed by atoms with Crippen molar-refractivity contribution in [3.8, 4) is 17.2 Å². The zero-order valence-corrected chi connectivity index (χ0v) is 18.0. The van der Waals surface area contributed by atoms with Gasteiger partial charge in [0.1, 0.15) is 5.75 Å². The average Bonchev–Trinajstić information content (AvgIpc) is 3.39. The number of carbonyl (C=O) groups excluding carboxylic acids is 1. The van der Waals surface area contributed by atoms with Crippen LogP contribution in [0.15, 0.2) is 76.9 Å². The van der Waals surface area contributed by atoms with Crippen molar-refractivity contribution in [3.63, 3.8) is 0 Å². The highest BCUT2D eigenvalue weighted by atomic mass is 32.2. The van der Waals surface area contributed by atoms with Crippen LogP contribution in [-0.4, -0.2) is 34.9 Å². The second-order valence-corrected chi connectivity index (χ2v) is 8.05. The number of ether oxygens (including phenoxy) is 3. The van der Waals surface area contributed by atoms with Crippen LogP contribution in [0, 0.1) is 0 Å². The van der Waals surface area contributed by atoms with E-state index in [9.17, 15) is 4.79 Å². The van der Waals surface area contributed by atoms with E-state index in [1.165, 1.54) is 11.8 Å². The van der Waals surface area contributed by atoms with Crippen LogP contribution in [-0.2, 0) is 11.3 Å². The number of pyridine rings is 1. The summed E-state index contributed by atoms with van der Waals surface area (Å²) in [6, 6.07) is 17.0. The van der Waals surface area contributed by atoms with Crippen molar-refractivity contribution >= 4 is 34.6 Å². The minimum absolute atomic E-state index is 0.131. The Balaban J connectivity index is 1.53. The number of carbonyl (C=O) groups is 1. The van der Waals surface area contributed by atoms with Crippen LogP contribution in [0.4, 0.5) is 5.69 Å². The predicted molar refractivity (Wildman–Crippen MR) is 123 cm³/mol. The average molecular weight is 446 g/mol. The van der Waals surface area contributed by atoms with Gasteiger partial charge in [-0.1, -0.05) is 24.3 Å². The van der Waals surface area contributed by atoms with E-state index in [1.807, 2.05) is 48.5 Å². The van der Waals surface area contributed by atoms with E-state index in [0.29, 0.717) is 33.9 Å². The molecule has 1 saturated heterocycles. The molecule has 0 atom stereocenters. The maximum absolute atomic E-state index is 13.4. The molecule has 1 amide bonds. The molecule has 0 unspecified atom stereocenters. The van der Waals surface area contributed by atoms with Crippen molar-refractivity contribution in [1.82, 2.24) is 9.88 Å². The third-order valence-electron chi connectivity index (χ3n) is 4.94. The van der Waals surface area contributed by atoms with Crippen molar-refractivity contribution in [3.05, 3.63) is 83.0 Å². The number of hydrogen-bond acceptors (Lipinski definition) is 7. The van der Waals surface area contributed by atoms with E-state index in [4.69, 9.17) is 19.2 Å². The maximum atomic E-state index is 13.4. The Morgan fingerprint density at radius 3 is 2.72 bits per heavy atom. The monoisotopic (exact) mass is 445 g/mol. The lowest BCUT2D eigenvalue weighted by atomic mass is 10.1. The molecule has 0 spiro atoms. The molecule has 0 radical (unpaired) electrons. The zero-order valence-electron chi connectivity index (χ0n) is 17.2. The molecule has 1 aromatic heterocycles. The molecule has 0 bridgehead atoms. The highest BCUT2D eigenvalue weighted by molar-refractivity contribution is 8.18. The Labute approximate surface area is 189 Å². The summed E-state index contributed by atoms with van der Waals surface area (Å²) in [6.45, 7) is 0.542. The number of rotatable bonds is 5. The lowest BCUT2D eigenvalue weighted by Gasteiger charge is -2.15. The minimum Gasteiger partial charge on any atom is -0.496 e. The standard InChI is InChI=1S/C24H19N3O4S/c1-29-19-12-21-20(30-15-31-21)10-17(19)11-22-23(28)27(14-16-6-5-9-25-13-16)24(32-22)26-18-7-3-2-4-8-18/h2-13H,14-15H2,1H3. The normalized spacial score (nSPS) is 17.4. The molecule has 0 N–H and O–H groups in total. The van der Waals surface area contributed by atoms with Gasteiger partial charge in [0.25, 0.3) is 5.91 Å². The first-order valence-corrected chi connectivity index (χ1v) is 10.7. The van der Waals surface area contributed by atoms with Gasteiger partial charge in [-0.15, -0.1) is 0 Å². The number of benzene rings is 2. The Bertz CT molecular complexity index is 1210. The van der Waals surface area contributed by atoms with Crippen LogP contribution in [0.25, 0.3) is 6.08 Å². The molecule has 8 heteroatoms. The van der Waals surface area contributed by atoms with Gasteiger partial charge in [0.05, 0.1) is 24.2 Å². The number of amidine groups is 1. The smallest absolute Gasteiger partial charge is 0.267 e. The first-order valence-electron chi connectivity index (χ1n) is 9.93. The molecule has 0 aliphatic carbocycles. The Hall–Kier alpha value is -3.78. The molecular formula is C24H19N3O4S. The van der Waals surface area contributed by atoms with Gasteiger partial charge in [0, 0.05) is 24.0 Å². The number of aromatic nitrogens is 1. The number of fused-ring (bicyclic) bond motifs is 1. The van der Waals surface area contributed by atoms with Crippen LogP contribution in [0.5, 0.6) is 17.2 Å². The maximum Gasteiger partial charge on any atom is 0.267 e. The van der Waals surface area contributed by atoms with Crippen molar-refractivity contribution in [2.45, 2.75) is 6.54 Å². The molecule has 5 rings (SSSR count). The number of nitrogens with zero attached hydrogens (tertiary/aromatic N) is 3. The van der Waals surface area contributed by atoms with Crippen LogP contribution in [0.2, 0.25) is 0 Å². The molecule has 2 aromatic carbocycles. The van der Waals surface area contributed by atoms with Gasteiger partial charge in [-0.25, -0.2) is 4.99 Å². The van der Waals surface area contributed by atoms with Crippen LogP contribution in [0.1, 0.15) is 11.1 Å². The van der Waals surface area contributed by atoms with E-state index in [1.54, 1.807) is 36.5 Å². The number of methoxy groups -OCH3 is 1. The summed E-state index contributed by atoms with van der Waals surface area (Å²) >= 11 is 1.33. The molecule has 2 aliphatic rings. The molecule has 3 heterocycles. The van der Waals surface area contributed by atoms with E-state index in [0.717, 1.165) is 16.8 Å². The third-order valence-corrected chi connectivity index (χ3v) is 5.95. The largest absolute Gasteiger partial charge is 0.496 e. The first-order chi connectivity index (χ1) is 15.7. The summed E-state index contributed by atoms with van der Waals surface area (Å²) in [4.78, 5) is 24.5. The number of aliphatic imine (C=N–C) groups is 1. The quantitative estimate of drug-likeness (QED) is 0.534. The van der Waals surface area contributed by atoms with Crippen molar-refractivity contribution in [2.75, 3.05) is 13.9 Å². The highest BCUT2D eigenvalue weighted by Crippen LogP contribution is 2.41. The second kappa shape index (κ2) is 8.76. The van der Waals surface area contributed by atoms with Crippen LogP contribution in [0.3, 0.4) is 0 Å². The van der Waals surface area contributed by atoms with E-state index >= 15 is 0 Å². The fourth-order valence-electron chi connectivity index (χ4n) is 3.39. The highest BCUT2D eigenvalue weighted by Gasteiger charge is 2.34. The summed E-state index contributed by atoms with van der Waals surface area (Å²) in [7, 11) is 1.58. The topological polar surface area (TPSA) is 73.2 Å². The number of hydrogen-bond donors (Lipinski definition) is 0. The molecule has 0 saturated carbocycles. The number of thioether (sulfide) groups is 1. The molecule has 160 valence electrons. The lowest BCUT2D eigenvalue weighted by molar-refractivity contribution is -0.122. The molecule has 7 nitrogen and oxygen atoms in total. The fourth-order valence-corrected chi connectivity index (χ4v) is 4.38. The summed E-state index contributed by atoms with van der Waals surface area (Å²) in [5.74, 6) is 1.72. The first kappa shape index (κ1) is 20.1. The number of amides is 1. The van der Waals surface area contributed by atoms with Gasteiger partial charge in [0.2, 0.25) is 6.79 Å². The summed E-state index contributed by atoms with van der Waals surface area (Å²) in [5.41, 5.74) is 2.43. The van der Waals surface area contributed by atoms with Crippen molar-refractivity contribution < 1.29 is 19.0 Å². The Morgan fingerprint density at radius 2 is 1.97 bits per heavy atom. The van der Waals surface area contributed by atoms with Gasteiger partial charge in [-0.3, -0.25) is 14.7 Å². The van der Waals surface area contributed by atoms with Crippen molar-refractivity contribution in [1.29, 1.82) is 0 Å². The zero-order chi connectivity index (χ0) is 21.9. The third kappa shape index (κ3) is 4.04. The lowest BCUT2D eigenvalue weighted by Crippen LogP contribution is -2.28. The SMILES string of the molecule is COc1cc2c(cc1C=C1SC(=Nc3ccccc3)N(Cc3cccnc3)C1=O)OCO2. The van der Waals surface area contributed by atoms with Gasteiger partial charge >= 0.3 is 0 Å². The van der Waals surface area contributed by atoms with Gasteiger partial charge in [-0.2, -0.15) is 0 Å². The van der Waals surface area contributed by atoms with Gasteiger partial charge in [0.15, 0.2) is 16.7 Å². The Morgan fingerprint density at radius 1 is 1.16 bits per heavy atom. The van der Waals surface area contributed by atoms with Gasteiger partial charge < -0.3 is 14.2 Å². The second-order valence-electron chi connectivity index (χ2n) is 7.04. The molecule has 3 aromatic rings. The predicted octanol–water partition coefficient (Wildman–Crippen LogP) is 4.62. The van der Waals surface area contributed by atoms with Crippen molar-refractivity contribution in [2.24, 2.45) is 4.99 Å². The minimum atomic E-state index is -0.131.